The van der Waals surface area contributed by atoms with Crippen molar-refractivity contribution >= 4 is 18.1 Å². The van der Waals surface area contributed by atoms with E-state index in [2.05, 4.69) is 29.7 Å². The third kappa shape index (κ3) is 4.16. The highest BCUT2D eigenvalue weighted by Crippen LogP contribution is 2.33. The van der Waals surface area contributed by atoms with E-state index >= 15 is 0 Å². The van der Waals surface area contributed by atoms with Crippen LogP contribution >= 0.6 is 0 Å². The first-order chi connectivity index (χ1) is 10.1. The molecule has 2 N–H and O–H groups in total. The van der Waals surface area contributed by atoms with Gasteiger partial charge in [0.05, 0.1) is 11.8 Å². The van der Waals surface area contributed by atoms with Gasteiger partial charge in [0.15, 0.2) is 0 Å². The highest BCUT2D eigenvalue weighted by molar-refractivity contribution is 7.89. The summed E-state index contributed by atoms with van der Waals surface area (Å²) in [6.45, 7) is 6.46. The first-order valence-electron chi connectivity index (χ1n) is 7.57. The first kappa shape index (κ1) is 17.6. The second-order valence-corrected chi connectivity index (χ2v) is 14.6. The zero-order valence-electron chi connectivity index (χ0n) is 13.6. The molecular formula is C15H25FN2O2SSi. The molecule has 0 heterocycles. The van der Waals surface area contributed by atoms with E-state index in [0.717, 1.165) is 11.6 Å². The molecule has 1 aromatic rings. The maximum absolute atomic E-state index is 14.0. The van der Waals surface area contributed by atoms with Crippen molar-refractivity contribution < 1.29 is 12.8 Å². The second kappa shape index (κ2) is 6.39. The fourth-order valence-electron chi connectivity index (χ4n) is 2.85. The topological polar surface area (TPSA) is 58.2 Å². The predicted molar refractivity (Wildman–Crippen MR) is 90.8 cm³/mol. The number of likely N-dealkylation sites (N-methyl/N-ethyl adjacent to an activating group) is 1. The Morgan fingerprint density at radius 1 is 1.32 bits per heavy atom. The molecule has 0 aliphatic heterocycles. The van der Waals surface area contributed by atoms with E-state index in [-0.39, 0.29) is 23.7 Å². The van der Waals surface area contributed by atoms with E-state index in [0.29, 0.717) is 12.0 Å². The number of rotatable bonds is 6. The van der Waals surface area contributed by atoms with Crippen LogP contribution in [0.5, 0.6) is 0 Å². The Labute approximate surface area is 133 Å². The summed E-state index contributed by atoms with van der Waals surface area (Å²) in [5, 5.41) is 3.05. The molecule has 22 heavy (non-hydrogen) atoms. The van der Waals surface area contributed by atoms with Crippen LogP contribution in [0.15, 0.2) is 18.2 Å². The maximum atomic E-state index is 14.0. The van der Waals surface area contributed by atoms with Crippen LogP contribution in [0, 0.1) is 5.82 Å². The Balaban J connectivity index is 2.13. The summed E-state index contributed by atoms with van der Waals surface area (Å²) in [5.41, 5.74) is 1.46. The summed E-state index contributed by atoms with van der Waals surface area (Å²) in [5.74, 6) is -0.130. The summed E-state index contributed by atoms with van der Waals surface area (Å²) < 4.78 is 41.4. The van der Waals surface area contributed by atoms with Gasteiger partial charge in [-0.2, -0.15) is 0 Å². The lowest BCUT2D eigenvalue weighted by Gasteiger charge is -2.22. The third-order valence-corrected chi connectivity index (χ3v) is 7.57. The van der Waals surface area contributed by atoms with Gasteiger partial charge in [0.25, 0.3) is 0 Å². The fraction of sp³-hybridized carbons (Fsp3) is 0.600. The van der Waals surface area contributed by atoms with Gasteiger partial charge >= 0.3 is 0 Å². The van der Waals surface area contributed by atoms with Crippen molar-refractivity contribution in [3.63, 3.8) is 0 Å². The van der Waals surface area contributed by atoms with E-state index in [1.807, 2.05) is 6.07 Å². The van der Waals surface area contributed by atoms with Crippen LogP contribution in [0.25, 0.3) is 0 Å². The van der Waals surface area contributed by atoms with Crippen molar-refractivity contribution in [2.45, 2.75) is 44.2 Å². The van der Waals surface area contributed by atoms with Crippen LogP contribution in [0.3, 0.4) is 0 Å². The van der Waals surface area contributed by atoms with Crippen LogP contribution in [-0.4, -0.2) is 35.3 Å². The lowest BCUT2D eigenvalue weighted by atomic mass is 10.1. The maximum Gasteiger partial charge on any atom is 0.211 e. The van der Waals surface area contributed by atoms with Crippen molar-refractivity contribution in [3.05, 3.63) is 35.1 Å². The summed E-state index contributed by atoms with van der Waals surface area (Å²) in [7, 11) is -3.03. The summed E-state index contributed by atoms with van der Waals surface area (Å²) in [6.07, 6.45) is 0.519. The lowest BCUT2D eigenvalue weighted by molar-refractivity contribution is 0.455. The van der Waals surface area contributed by atoms with Gasteiger partial charge in [-0.05, 0) is 31.1 Å². The minimum atomic E-state index is -3.35. The highest BCUT2D eigenvalue weighted by Gasteiger charge is 2.36. The number of nitrogens with one attached hydrogen (secondary N) is 2. The molecule has 0 fully saturated rings. The SMILES string of the molecule is CNC1c2c(F)cccc2CC1NS(=O)(=O)CC[Si](C)(C)C. The van der Waals surface area contributed by atoms with Crippen LogP contribution in [-0.2, 0) is 16.4 Å². The molecule has 7 heteroatoms. The van der Waals surface area contributed by atoms with Crippen molar-refractivity contribution in [2.24, 2.45) is 0 Å². The summed E-state index contributed by atoms with van der Waals surface area (Å²) in [6, 6.07) is 5.02. The smallest absolute Gasteiger partial charge is 0.211 e. The summed E-state index contributed by atoms with van der Waals surface area (Å²) >= 11 is 0. The quantitative estimate of drug-likeness (QED) is 0.778. The zero-order valence-corrected chi connectivity index (χ0v) is 15.4. The van der Waals surface area contributed by atoms with Gasteiger partial charge in [0, 0.05) is 19.7 Å². The van der Waals surface area contributed by atoms with Crippen molar-refractivity contribution in [2.75, 3.05) is 12.8 Å². The van der Waals surface area contributed by atoms with Gasteiger partial charge in [-0.15, -0.1) is 0 Å². The van der Waals surface area contributed by atoms with Gasteiger partial charge in [-0.1, -0.05) is 31.8 Å². The van der Waals surface area contributed by atoms with E-state index < -0.39 is 18.1 Å². The minimum absolute atomic E-state index is 0.147. The first-order valence-corrected chi connectivity index (χ1v) is 12.9. The van der Waals surface area contributed by atoms with E-state index in [1.165, 1.54) is 6.07 Å². The second-order valence-electron chi connectivity index (χ2n) is 7.14. The van der Waals surface area contributed by atoms with Crippen LogP contribution in [0.4, 0.5) is 4.39 Å². The molecule has 2 atom stereocenters. The molecule has 0 spiro atoms. The molecule has 1 aliphatic rings. The minimum Gasteiger partial charge on any atom is -0.312 e. The predicted octanol–water partition coefficient (Wildman–Crippen LogP) is 2.27. The third-order valence-electron chi connectivity index (χ3n) is 4.06. The van der Waals surface area contributed by atoms with Crippen LogP contribution < -0.4 is 10.0 Å². The van der Waals surface area contributed by atoms with Crippen molar-refractivity contribution in [1.29, 1.82) is 0 Å². The van der Waals surface area contributed by atoms with Gasteiger partial charge in [0.1, 0.15) is 5.82 Å². The number of fused-ring (bicyclic) bond motifs is 1. The molecule has 4 nitrogen and oxygen atoms in total. The summed E-state index contributed by atoms with van der Waals surface area (Å²) in [4.78, 5) is 0. The van der Waals surface area contributed by atoms with Gasteiger partial charge < -0.3 is 5.32 Å². The molecule has 1 aromatic carbocycles. The molecule has 1 aliphatic carbocycles. The average molecular weight is 345 g/mol. The Morgan fingerprint density at radius 3 is 2.59 bits per heavy atom. The number of benzene rings is 1. The van der Waals surface area contributed by atoms with Gasteiger partial charge in [-0.25, -0.2) is 17.5 Å². The molecule has 2 rings (SSSR count). The Hall–Kier alpha value is -0.763. The number of hydrogen-bond acceptors (Lipinski definition) is 3. The van der Waals surface area contributed by atoms with Crippen LogP contribution in [0.2, 0.25) is 25.7 Å². The number of halogens is 1. The van der Waals surface area contributed by atoms with Crippen LogP contribution in [0.1, 0.15) is 17.2 Å². The molecule has 124 valence electrons. The molecule has 0 saturated heterocycles. The zero-order chi connectivity index (χ0) is 16.5. The Bertz CT molecular complexity index is 643. The molecule has 2 unspecified atom stereocenters. The van der Waals surface area contributed by atoms with Gasteiger partial charge in [-0.3, -0.25) is 0 Å². The molecule has 0 radical (unpaired) electrons. The number of hydrogen-bond donors (Lipinski definition) is 2. The van der Waals surface area contributed by atoms with E-state index in [9.17, 15) is 12.8 Å². The Kier molecular flexibility index (Phi) is 5.11. The molecule has 0 saturated carbocycles. The molecule has 0 aromatic heterocycles. The Morgan fingerprint density at radius 2 is 2.00 bits per heavy atom. The molecule has 0 bridgehead atoms. The number of sulfonamides is 1. The molecular weight excluding hydrogens is 319 g/mol. The van der Waals surface area contributed by atoms with Crippen molar-refractivity contribution in [1.82, 2.24) is 10.0 Å². The van der Waals surface area contributed by atoms with E-state index in [1.54, 1.807) is 13.1 Å². The largest absolute Gasteiger partial charge is 0.312 e. The fourth-order valence-corrected chi connectivity index (χ4v) is 7.17. The van der Waals surface area contributed by atoms with Gasteiger partial charge in [0.2, 0.25) is 10.0 Å². The average Bonchev–Trinajstić information content (AvgIpc) is 2.73. The van der Waals surface area contributed by atoms with E-state index in [4.69, 9.17) is 0 Å². The normalized spacial score (nSPS) is 21.9. The lowest BCUT2D eigenvalue weighted by Crippen LogP contribution is -2.43. The molecule has 0 amide bonds. The standard InChI is InChI=1S/C15H25FN2O2SSi/c1-17-15-13(10-11-6-5-7-12(16)14(11)15)18-21(19,20)8-9-22(2,3)4/h5-7,13,15,17-18H,8-10H2,1-4H3. The monoisotopic (exact) mass is 344 g/mol. The van der Waals surface area contributed by atoms with Crippen molar-refractivity contribution in [3.8, 4) is 0 Å². The highest BCUT2D eigenvalue weighted by atomic mass is 32.2.